The normalized spacial score (nSPS) is 11.5. The lowest BCUT2D eigenvalue weighted by atomic mass is 10.2. The fraction of sp³-hybridized carbons (Fsp3) is 0. The molecule has 172 valence electrons. The molecule has 0 aliphatic carbocycles. The minimum Gasteiger partial charge on any atom is -0.457 e. The van der Waals surface area contributed by atoms with E-state index in [0.717, 1.165) is 5.75 Å². The summed E-state index contributed by atoms with van der Waals surface area (Å²) < 4.78 is 36.0. The van der Waals surface area contributed by atoms with Gasteiger partial charge < -0.3 is 8.92 Å². The number of para-hydroxylation sites is 1. The minimum absolute atomic E-state index is 0.0260. The molecule has 0 amide bonds. The second kappa shape index (κ2) is 10.5. The number of hydrogen-bond acceptors (Lipinski definition) is 5. The van der Waals surface area contributed by atoms with Crippen LogP contribution in [0.25, 0.3) is 0 Å². The Hall–Kier alpha value is -3.03. The molecule has 4 aromatic rings. The van der Waals surface area contributed by atoms with Crippen molar-refractivity contribution >= 4 is 56.8 Å². The first-order valence-corrected chi connectivity index (χ1v) is 12.4. The van der Waals surface area contributed by atoms with Crippen molar-refractivity contribution in [3.63, 3.8) is 0 Å². The summed E-state index contributed by atoms with van der Waals surface area (Å²) in [6.45, 7) is 0. The molecule has 0 fully saturated rings. The van der Waals surface area contributed by atoms with Gasteiger partial charge in [-0.15, -0.1) is 0 Å². The first-order chi connectivity index (χ1) is 16.3. The third kappa shape index (κ3) is 6.10. The quantitative estimate of drug-likeness (QED) is 0.179. The fourth-order valence-corrected chi connectivity index (χ4v) is 4.63. The van der Waals surface area contributed by atoms with Gasteiger partial charge in [-0.3, -0.25) is 4.99 Å². The highest BCUT2D eigenvalue weighted by Crippen LogP contribution is 2.36. The number of halogens is 3. The van der Waals surface area contributed by atoms with Crippen LogP contribution in [0.4, 0.5) is 5.69 Å². The lowest BCUT2D eigenvalue weighted by Crippen LogP contribution is -2.10. The summed E-state index contributed by atoms with van der Waals surface area (Å²) in [5, 5.41) is 0.452. The van der Waals surface area contributed by atoms with E-state index in [0.29, 0.717) is 22.0 Å². The molecule has 34 heavy (non-hydrogen) atoms. The molecule has 0 saturated carbocycles. The molecular formula is C25H16Cl3NO4S. The molecule has 0 bridgehead atoms. The number of hydrogen-bond donors (Lipinski definition) is 0. The molecule has 0 atom stereocenters. The van der Waals surface area contributed by atoms with Crippen LogP contribution in [0.2, 0.25) is 15.1 Å². The van der Waals surface area contributed by atoms with E-state index in [2.05, 4.69) is 4.99 Å². The van der Waals surface area contributed by atoms with E-state index in [1.807, 2.05) is 30.3 Å². The second-order valence-electron chi connectivity index (χ2n) is 6.97. The zero-order valence-electron chi connectivity index (χ0n) is 17.4. The van der Waals surface area contributed by atoms with E-state index in [4.69, 9.17) is 43.7 Å². The summed E-state index contributed by atoms with van der Waals surface area (Å²) in [7, 11) is -4.14. The average Bonchev–Trinajstić information content (AvgIpc) is 2.82. The fourth-order valence-electron chi connectivity index (χ4n) is 2.87. The van der Waals surface area contributed by atoms with Crippen molar-refractivity contribution < 1.29 is 17.3 Å². The third-order valence-electron chi connectivity index (χ3n) is 4.49. The van der Waals surface area contributed by atoms with Gasteiger partial charge in [0, 0.05) is 11.2 Å². The number of aliphatic imine (C=N–C) groups is 1. The maximum Gasteiger partial charge on any atom is 0.339 e. The Kier molecular flexibility index (Phi) is 7.44. The first-order valence-electron chi connectivity index (χ1n) is 9.86. The van der Waals surface area contributed by atoms with Crippen molar-refractivity contribution in [3.8, 4) is 17.2 Å². The summed E-state index contributed by atoms with van der Waals surface area (Å²) in [6.07, 6.45) is 1.56. The molecule has 5 nitrogen and oxygen atoms in total. The molecule has 0 spiro atoms. The van der Waals surface area contributed by atoms with Crippen molar-refractivity contribution in [3.05, 3.63) is 112 Å². The molecule has 4 rings (SSSR count). The Balaban J connectivity index is 1.48. The molecule has 0 aromatic heterocycles. The van der Waals surface area contributed by atoms with Gasteiger partial charge in [-0.1, -0.05) is 53.0 Å². The summed E-state index contributed by atoms with van der Waals surface area (Å²) in [4.78, 5) is 4.32. The minimum atomic E-state index is -4.14. The summed E-state index contributed by atoms with van der Waals surface area (Å²) in [5.74, 6) is 1.25. The van der Waals surface area contributed by atoms with Crippen LogP contribution in [-0.2, 0) is 10.1 Å². The maximum atomic E-state index is 12.5. The molecule has 0 radical (unpaired) electrons. The Morgan fingerprint density at radius 3 is 1.94 bits per heavy atom. The monoisotopic (exact) mass is 531 g/mol. The van der Waals surface area contributed by atoms with Gasteiger partial charge >= 0.3 is 10.1 Å². The van der Waals surface area contributed by atoms with E-state index in [9.17, 15) is 8.42 Å². The Bertz CT molecular complexity index is 1400. The lowest BCUT2D eigenvalue weighted by Gasteiger charge is -2.11. The predicted octanol–water partition coefficient (Wildman–Crippen LogP) is 7.96. The smallest absolute Gasteiger partial charge is 0.339 e. The molecule has 0 N–H and O–H groups in total. The van der Waals surface area contributed by atoms with Crippen molar-refractivity contribution in [2.75, 3.05) is 0 Å². The van der Waals surface area contributed by atoms with Crippen molar-refractivity contribution in [1.82, 2.24) is 0 Å². The number of rotatable bonds is 7. The van der Waals surface area contributed by atoms with Crippen LogP contribution >= 0.6 is 34.8 Å². The predicted molar refractivity (Wildman–Crippen MR) is 136 cm³/mol. The lowest BCUT2D eigenvalue weighted by molar-refractivity contribution is 0.482. The maximum absolute atomic E-state index is 12.5. The molecule has 0 saturated heterocycles. The molecule has 0 heterocycles. The van der Waals surface area contributed by atoms with Crippen LogP contribution in [0, 0.1) is 0 Å². The van der Waals surface area contributed by atoms with Gasteiger partial charge in [0.15, 0.2) is 5.75 Å². The SMILES string of the molecule is O=S(=O)(Oc1c(Cl)cc(C=Nc2ccc(Oc3ccccc3)cc2)cc1Cl)c1ccc(Cl)cc1. The molecule has 0 unspecified atom stereocenters. The molecular weight excluding hydrogens is 517 g/mol. The summed E-state index contributed by atoms with van der Waals surface area (Å²) in [6, 6.07) is 25.2. The Morgan fingerprint density at radius 1 is 0.735 bits per heavy atom. The van der Waals surface area contributed by atoms with Crippen LogP contribution in [0.3, 0.4) is 0 Å². The van der Waals surface area contributed by atoms with Gasteiger partial charge in [0.25, 0.3) is 0 Å². The number of ether oxygens (including phenoxy) is 1. The van der Waals surface area contributed by atoms with Gasteiger partial charge in [-0.05, 0) is 78.4 Å². The van der Waals surface area contributed by atoms with Gasteiger partial charge in [0.1, 0.15) is 16.4 Å². The largest absolute Gasteiger partial charge is 0.457 e. The van der Waals surface area contributed by atoms with Crippen LogP contribution in [0.5, 0.6) is 17.2 Å². The standard InChI is InChI=1S/C25H16Cl3NO4S/c26-18-6-12-22(13-7-18)34(30,31)33-25-23(27)14-17(15-24(25)28)16-29-19-8-10-21(11-9-19)32-20-4-2-1-3-5-20/h1-16H. The van der Waals surface area contributed by atoms with Gasteiger partial charge in [-0.2, -0.15) is 8.42 Å². The highest BCUT2D eigenvalue weighted by Gasteiger charge is 2.21. The van der Waals surface area contributed by atoms with Crippen LogP contribution < -0.4 is 8.92 Å². The summed E-state index contributed by atoms with van der Waals surface area (Å²) >= 11 is 18.3. The third-order valence-corrected chi connectivity index (χ3v) is 6.54. The van der Waals surface area contributed by atoms with E-state index < -0.39 is 10.1 Å². The van der Waals surface area contributed by atoms with Crippen LogP contribution in [0.1, 0.15) is 5.56 Å². The number of benzene rings is 4. The number of nitrogens with zero attached hydrogens (tertiary/aromatic N) is 1. The Morgan fingerprint density at radius 2 is 1.32 bits per heavy atom. The Labute approximate surface area is 212 Å². The zero-order valence-corrected chi connectivity index (χ0v) is 20.4. The van der Waals surface area contributed by atoms with Crippen molar-refractivity contribution in [2.24, 2.45) is 4.99 Å². The average molecular weight is 533 g/mol. The summed E-state index contributed by atoms with van der Waals surface area (Å²) in [5.41, 5.74) is 1.24. The highest BCUT2D eigenvalue weighted by molar-refractivity contribution is 7.87. The molecule has 4 aromatic carbocycles. The second-order valence-corrected chi connectivity index (χ2v) is 9.77. The van der Waals surface area contributed by atoms with E-state index in [-0.39, 0.29) is 20.7 Å². The highest BCUT2D eigenvalue weighted by atomic mass is 35.5. The molecule has 9 heteroatoms. The topological polar surface area (TPSA) is 65.0 Å². The van der Waals surface area contributed by atoms with Crippen molar-refractivity contribution in [1.29, 1.82) is 0 Å². The van der Waals surface area contributed by atoms with E-state index in [1.54, 1.807) is 30.5 Å². The first kappa shape index (κ1) is 24.1. The van der Waals surface area contributed by atoms with Crippen molar-refractivity contribution in [2.45, 2.75) is 4.90 Å². The molecule has 0 aliphatic rings. The van der Waals surface area contributed by atoms with Gasteiger partial charge in [0.05, 0.1) is 15.7 Å². The van der Waals surface area contributed by atoms with E-state index >= 15 is 0 Å². The van der Waals surface area contributed by atoms with Gasteiger partial charge in [-0.25, -0.2) is 0 Å². The molecule has 0 aliphatic heterocycles. The van der Waals surface area contributed by atoms with Crippen LogP contribution in [-0.4, -0.2) is 14.6 Å². The van der Waals surface area contributed by atoms with Gasteiger partial charge in [0.2, 0.25) is 0 Å². The van der Waals surface area contributed by atoms with Crippen LogP contribution in [0.15, 0.2) is 101 Å². The zero-order chi connectivity index (χ0) is 24.1. The van der Waals surface area contributed by atoms with E-state index in [1.165, 1.54) is 36.4 Å².